The molecule has 0 N–H and O–H groups in total. The van der Waals surface area contributed by atoms with E-state index in [-0.39, 0.29) is 5.78 Å². The molecule has 0 saturated heterocycles. The van der Waals surface area contributed by atoms with Gasteiger partial charge >= 0.3 is 0 Å². The van der Waals surface area contributed by atoms with Crippen LogP contribution in [0.1, 0.15) is 40.9 Å². The van der Waals surface area contributed by atoms with Crippen molar-refractivity contribution < 1.29 is 4.79 Å². The minimum absolute atomic E-state index is 0.0657. The number of rotatable bonds is 4. The fourth-order valence-corrected chi connectivity index (χ4v) is 2.76. The molecule has 2 aromatic rings. The van der Waals surface area contributed by atoms with E-state index in [4.69, 9.17) is 23.2 Å². The van der Waals surface area contributed by atoms with Crippen LogP contribution in [0.5, 0.6) is 0 Å². The SMILES string of the molecule is CCc1ccc(C(=O)c2ccc(Cl)cc2Cl)cc1CC. The molecule has 104 valence electrons. The summed E-state index contributed by atoms with van der Waals surface area (Å²) in [6, 6.07) is 10.8. The minimum atomic E-state index is -0.0657. The maximum absolute atomic E-state index is 12.5. The van der Waals surface area contributed by atoms with Gasteiger partial charge in [0.2, 0.25) is 0 Å². The van der Waals surface area contributed by atoms with Gasteiger partial charge in [0.1, 0.15) is 0 Å². The second kappa shape index (κ2) is 6.43. The molecule has 0 aromatic heterocycles. The van der Waals surface area contributed by atoms with Crippen LogP contribution in [-0.2, 0) is 12.8 Å². The number of aryl methyl sites for hydroxylation is 2. The molecule has 3 heteroatoms. The van der Waals surface area contributed by atoms with Crippen molar-refractivity contribution in [3.05, 3.63) is 68.7 Å². The molecule has 0 atom stereocenters. The Hall–Kier alpha value is -1.31. The Morgan fingerprint density at radius 3 is 2.25 bits per heavy atom. The quantitative estimate of drug-likeness (QED) is 0.696. The molecular formula is C17H16Cl2O. The van der Waals surface area contributed by atoms with Crippen LogP contribution in [0.3, 0.4) is 0 Å². The Bertz CT molecular complexity index is 647. The number of halogens is 2. The van der Waals surface area contributed by atoms with E-state index in [9.17, 15) is 4.79 Å². The Kier molecular flexibility index (Phi) is 4.85. The second-order valence-electron chi connectivity index (χ2n) is 4.64. The molecule has 0 spiro atoms. The molecular weight excluding hydrogens is 291 g/mol. The van der Waals surface area contributed by atoms with Gasteiger partial charge < -0.3 is 0 Å². The molecule has 0 radical (unpaired) electrons. The molecule has 0 unspecified atom stereocenters. The maximum atomic E-state index is 12.5. The molecule has 2 aromatic carbocycles. The molecule has 20 heavy (non-hydrogen) atoms. The number of hydrogen-bond donors (Lipinski definition) is 0. The van der Waals surface area contributed by atoms with Crippen molar-refractivity contribution in [1.29, 1.82) is 0 Å². The normalized spacial score (nSPS) is 10.6. The summed E-state index contributed by atoms with van der Waals surface area (Å²) in [6.07, 6.45) is 1.89. The summed E-state index contributed by atoms with van der Waals surface area (Å²) in [7, 11) is 0. The van der Waals surface area contributed by atoms with Crippen molar-refractivity contribution in [1.82, 2.24) is 0 Å². The lowest BCUT2D eigenvalue weighted by Crippen LogP contribution is -2.04. The first kappa shape index (κ1) is 15.1. The summed E-state index contributed by atoms with van der Waals surface area (Å²) in [5.41, 5.74) is 3.65. The smallest absolute Gasteiger partial charge is 0.194 e. The van der Waals surface area contributed by atoms with Gasteiger partial charge in [0, 0.05) is 16.1 Å². The maximum Gasteiger partial charge on any atom is 0.194 e. The third-order valence-corrected chi connectivity index (χ3v) is 3.95. The monoisotopic (exact) mass is 306 g/mol. The van der Waals surface area contributed by atoms with Crippen molar-refractivity contribution in [2.75, 3.05) is 0 Å². The van der Waals surface area contributed by atoms with Gasteiger partial charge in [-0.15, -0.1) is 0 Å². The Morgan fingerprint density at radius 1 is 0.950 bits per heavy atom. The standard InChI is InChI=1S/C17H16Cl2O/c1-3-11-5-6-13(9-12(11)4-2)17(20)15-8-7-14(18)10-16(15)19/h5-10H,3-4H2,1-2H3. The van der Waals surface area contributed by atoms with E-state index < -0.39 is 0 Å². The van der Waals surface area contributed by atoms with Crippen LogP contribution in [0, 0.1) is 0 Å². The fraction of sp³-hybridized carbons (Fsp3) is 0.235. The predicted octanol–water partition coefficient (Wildman–Crippen LogP) is 5.35. The van der Waals surface area contributed by atoms with E-state index in [0.29, 0.717) is 21.2 Å². The Morgan fingerprint density at radius 2 is 1.65 bits per heavy atom. The van der Waals surface area contributed by atoms with Crippen molar-refractivity contribution in [2.24, 2.45) is 0 Å². The molecule has 0 aliphatic heterocycles. The van der Waals surface area contributed by atoms with Gasteiger partial charge in [-0.05, 0) is 48.2 Å². The highest BCUT2D eigenvalue weighted by molar-refractivity contribution is 6.37. The lowest BCUT2D eigenvalue weighted by Gasteiger charge is -2.09. The molecule has 1 nitrogen and oxygen atoms in total. The van der Waals surface area contributed by atoms with Gasteiger partial charge in [0.15, 0.2) is 5.78 Å². The number of carbonyl (C=O) groups excluding carboxylic acids is 1. The van der Waals surface area contributed by atoms with E-state index in [1.54, 1.807) is 18.2 Å². The Balaban J connectivity index is 2.43. The molecule has 0 heterocycles. The summed E-state index contributed by atoms with van der Waals surface area (Å²) in [5.74, 6) is -0.0657. The average molecular weight is 307 g/mol. The van der Waals surface area contributed by atoms with Crippen LogP contribution in [0.2, 0.25) is 10.0 Å². The Labute approximate surface area is 129 Å². The third kappa shape index (κ3) is 3.05. The summed E-state index contributed by atoms with van der Waals surface area (Å²) in [6.45, 7) is 4.21. The van der Waals surface area contributed by atoms with Crippen molar-refractivity contribution >= 4 is 29.0 Å². The second-order valence-corrected chi connectivity index (χ2v) is 5.49. The molecule has 0 amide bonds. The van der Waals surface area contributed by atoms with Crippen LogP contribution >= 0.6 is 23.2 Å². The summed E-state index contributed by atoms with van der Waals surface area (Å²) >= 11 is 12.0. The first-order chi connectivity index (χ1) is 9.56. The first-order valence-corrected chi connectivity index (χ1v) is 7.44. The molecule has 0 aliphatic rings. The highest BCUT2D eigenvalue weighted by Gasteiger charge is 2.14. The zero-order chi connectivity index (χ0) is 14.7. The van der Waals surface area contributed by atoms with Crippen LogP contribution < -0.4 is 0 Å². The molecule has 0 aliphatic carbocycles. The third-order valence-electron chi connectivity index (χ3n) is 3.41. The van der Waals surface area contributed by atoms with Gasteiger partial charge in [-0.25, -0.2) is 0 Å². The number of carbonyl (C=O) groups is 1. The lowest BCUT2D eigenvalue weighted by molar-refractivity contribution is 0.103. The van der Waals surface area contributed by atoms with Crippen molar-refractivity contribution in [3.8, 4) is 0 Å². The van der Waals surface area contributed by atoms with E-state index in [2.05, 4.69) is 13.8 Å². The molecule has 0 bridgehead atoms. The van der Waals surface area contributed by atoms with Crippen LogP contribution in [-0.4, -0.2) is 5.78 Å². The van der Waals surface area contributed by atoms with Gasteiger partial charge in [-0.3, -0.25) is 4.79 Å². The number of ketones is 1. The van der Waals surface area contributed by atoms with Crippen molar-refractivity contribution in [3.63, 3.8) is 0 Å². The van der Waals surface area contributed by atoms with Gasteiger partial charge in [0.05, 0.1) is 5.02 Å². The summed E-state index contributed by atoms with van der Waals surface area (Å²) in [5, 5.41) is 0.919. The van der Waals surface area contributed by atoms with E-state index in [0.717, 1.165) is 12.8 Å². The molecule has 0 saturated carbocycles. The first-order valence-electron chi connectivity index (χ1n) is 6.68. The zero-order valence-corrected chi connectivity index (χ0v) is 13.1. The van der Waals surface area contributed by atoms with Gasteiger partial charge in [0.25, 0.3) is 0 Å². The summed E-state index contributed by atoms with van der Waals surface area (Å²) < 4.78 is 0. The summed E-state index contributed by atoms with van der Waals surface area (Å²) in [4.78, 5) is 12.5. The highest BCUT2D eigenvalue weighted by atomic mass is 35.5. The largest absolute Gasteiger partial charge is 0.289 e. The van der Waals surface area contributed by atoms with E-state index in [1.165, 1.54) is 11.1 Å². The molecule has 2 rings (SSSR count). The number of benzene rings is 2. The fourth-order valence-electron chi connectivity index (χ4n) is 2.27. The van der Waals surface area contributed by atoms with E-state index >= 15 is 0 Å². The van der Waals surface area contributed by atoms with E-state index in [1.807, 2.05) is 18.2 Å². The molecule has 0 fully saturated rings. The highest BCUT2D eigenvalue weighted by Crippen LogP contribution is 2.24. The van der Waals surface area contributed by atoms with Crippen LogP contribution in [0.15, 0.2) is 36.4 Å². The van der Waals surface area contributed by atoms with Gasteiger partial charge in [-0.2, -0.15) is 0 Å². The predicted molar refractivity (Wildman–Crippen MR) is 85.1 cm³/mol. The average Bonchev–Trinajstić information content (AvgIpc) is 2.45. The van der Waals surface area contributed by atoms with Crippen molar-refractivity contribution in [2.45, 2.75) is 26.7 Å². The van der Waals surface area contributed by atoms with Gasteiger partial charge in [-0.1, -0.05) is 49.2 Å². The van der Waals surface area contributed by atoms with Crippen LogP contribution in [0.25, 0.3) is 0 Å². The zero-order valence-electron chi connectivity index (χ0n) is 11.5. The topological polar surface area (TPSA) is 17.1 Å². The lowest BCUT2D eigenvalue weighted by atomic mass is 9.96. The minimum Gasteiger partial charge on any atom is -0.289 e. The number of hydrogen-bond acceptors (Lipinski definition) is 1. The van der Waals surface area contributed by atoms with Crippen LogP contribution in [0.4, 0.5) is 0 Å².